The van der Waals surface area contributed by atoms with Gasteiger partial charge in [-0.25, -0.2) is 0 Å². The molecule has 4 nitrogen and oxygen atoms in total. The highest BCUT2D eigenvalue weighted by Crippen LogP contribution is 2.26. The van der Waals surface area contributed by atoms with E-state index < -0.39 is 0 Å². The van der Waals surface area contributed by atoms with Gasteiger partial charge >= 0.3 is 0 Å². The molecule has 0 aliphatic rings. The van der Waals surface area contributed by atoms with Gasteiger partial charge in [0.25, 0.3) is 0 Å². The maximum absolute atomic E-state index is 9.42. The molecule has 0 fully saturated rings. The smallest absolute Gasteiger partial charge is 0.160 e. The summed E-state index contributed by atoms with van der Waals surface area (Å²) in [6, 6.07) is 5.53. The Hall–Kier alpha value is -1.26. The van der Waals surface area contributed by atoms with Gasteiger partial charge in [0, 0.05) is 19.2 Å². The van der Waals surface area contributed by atoms with E-state index in [-0.39, 0.29) is 18.4 Å². The summed E-state index contributed by atoms with van der Waals surface area (Å²) < 4.78 is 5.02. The molecule has 0 bridgehead atoms. The van der Waals surface area contributed by atoms with E-state index >= 15 is 0 Å². The maximum Gasteiger partial charge on any atom is 0.160 e. The number of hydrogen-bond donors (Lipinski definition) is 3. The van der Waals surface area contributed by atoms with Crippen LogP contribution in [-0.2, 0) is 6.54 Å². The van der Waals surface area contributed by atoms with E-state index in [9.17, 15) is 5.11 Å². The van der Waals surface area contributed by atoms with Crippen LogP contribution in [0.25, 0.3) is 0 Å². The van der Waals surface area contributed by atoms with Crippen LogP contribution >= 0.6 is 0 Å². The van der Waals surface area contributed by atoms with Crippen LogP contribution in [0.4, 0.5) is 0 Å². The van der Waals surface area contributed by atoms with Crippen molar-refractivity contribution in [2.24, 2.45) is 0 Å². The van der Waals surface area contributed by atoms with Crippen molar-refractivity contribution in [2.75, 3.05) is 13.7 Å². The summed E-state index contributed by atoms with van der Waals surface area (Å²) in [6.45, 7) is 2.90. The van der Waals surface area contributed by atoms with Crippen molar-refractivity contribution in [2.45, 2.75) is 25.9 Å². The minimum atomic E-state index is 0.148. The number of phenolic OH excluding ortho intramolecular Hbond substituents is 1. The van der Waals surface area contributed by atoms with Gasteiger partial charge in [0.2, 0.25) is 0 Å². The largest absolute Gasteiger partial charge is 0.504 e. The monoisotopic (exact) mass is 225 g/mol. The number of phenols is 1. The number of aliphatic hydroxyl groups is 1. The van der Waals surface area contributed by atoms with Crippen LogP contribution < -0.4 is 10.1 Å². The Labute approximate surface area is 95.9 Å². The molecule has 0 radical (unpaired) electrons. The minimum absolute atomic E-state index is 0.148. The Balaban J connectivity index is 2.54. The summed E-state index contributed by atoms with van der Waals surface area (Å²) in [4.78, 5) is 0. The second-order valence-corrected chi connectivity index (χ2v) is 3.80. The number of rotatable bonds is 6. The van der Waals surface area contributed by atoms with E-state index in [0.717, 1.165) is 12.0 Å². The summed E-state index contributed by atoms with van der Waals surface area (Å²) in [5.74, 6) is 0.628. The molecule has 0 amide bonds. The van der Waals surface area contributed by atoms with Crippen molar-refractivity contribution in [3.8, 4) is 11.5 Å². The van der Waals surface area contributed by atoms with E-state index in [1.807, 2.05) is 13.0 Å². The van der Waals surface area contributed by atoms with Crippen molar-refractivity contribution in [3.63, 3.8) is 0 Å². The van der Waals surface area contributed by atoms with Crippen molar-refractivity contribution < 1.29 is 14.9 Å². The van der Waals surface area contributed by atoms with Gasteiger partial charge in [-0.15, -0.1) is 0 Å². The molecule has 90 valence electrons. The number of benzene rings is 1. The molecular weight excluding hydrogens is 206 g/mol. The van der Waals surface area contributed by atoms with Crippen LogP contribution in [0.15, 0.2) is 18.2 Å². The van der Waals surface area contributed by atoms with Crippen LogP contribution in [0.5, 0.6) is 11.5 Å². The SMILES string of the molecule is COc1cc(CNC(C)CCO)ccc1O. The molecule has 0 heterocycles. The average molecular weight is 225 g/mol. The molecule has 0 saturated carbocycles. The highest BCUT2D eigenvalue weighted by molar-refractivity contribution is 5.41. The molecule has 0 aliphatic carbocycles. The number of nitrogens with one attached hydrogen (secondary N) is 1. The molecule has 0 saturated heterocycles. The van der Waals surface area contributed by atoms with Crippen LogP contribution in [0.1, 0.15) is 18.9 Å². The third-order valence-corrected chi connectivity index (χ3v) is 2.46. The van der Waals surface area contributed by atoms with Gasteiger partial charge < -0.3 is 20.3 Å². The summed E-state index contributed by atoms with van der Waals surface area (Å²) in [7, 11) is 1.53. The van der Waals surface area contributed by atoms with Crippen molar-refractivity contribution >= 4 is 0 Å². The summed E-state index contributed by atoms with van der Waals surface area (Å²) in [5, 5.41) is 21.5. The fraction of sp³-hybridized carbons (Fsp3) is 0.500. The quantitative estimate of drug-likeness (QED) is 0.682. The van der Waals surface area contributed by atoms with Crippen LogP contribution in [0.3, 0.4) is 0 Å². The molecule has 1 aromatic rings. The van der Waals surface area contributed by atoms with Crippen molar-refractivity contribution in [1.29, 1.82) is 0 Å². The zero-order chi connectivity index (χ0) is 12.0. The summed E-state index contributed by atoms with van der Waals surface area (Å²) in [5.41, 5.74) is 1.04. The topological polar surface area (TPSA) is 61.7 Å². The number of aliphatic hydroxyl groups excluding tert-OH is 1. The molecule has 1 aromatic carbocycles. The lowest BCUT2D eigenvalue weighted by molar-refractivity contribution is 0.268. The van der Waals surface area contributed by atoms with Crippen molar-refractivity contribution in [3.05, 3.63) is 23.8 Å². The summed E-state index contributed by atoms with van der Waals surface area (Å²) in [6.07, 6.45) is 0.731. The van der Waals surface area contributed by atoms with E-state index in [0.29, 0.717) is 12.3 Å². The Kier molecular flexibility index (Phi) is 5.08. The number of methoxy groups -OCH3 is 1. The molecule has 4 heteroatoms. The van der Waals surface area contributed by atoms with Gasteiger partial charge in [-0.05, 0) is 31.0 Å². The Morgan fingerprint density at radius 2 is 2.19 bits per heavy atom. The molecule has 1 rings (SSSR count). The van der Waals surface area contributed by atoms with Gasteiger partial charge in [-0.2, -0.15) is 0 Å². The van der Waals surface area contributed by atoms with Crippen LogP contribution in [0.2, 0.25) is 0 Å². The molecule has 16 heavy (non-hydrogen) atoms. The average Bonchev–Trinajstić information content (AvgIpc) is 2.28. The van der Waals surface area contributed by atoms with Gasteiger partial charge in [0.15, 0.2) is 11.5 Å². The molecular formula is C12H19NO3. The fourth-order valence-electron chi connectivity index (χ4n) is 1.42. The number of ether oxygens (including phenoxy) is 1. The van der Waals surface area contributed by atoms with E-state index in [1.165, 1.54) is 7.11 Å². The minimum Gasteiger partial charge on any atom is -0.504 e. The molecule has 0 aliphatic heterocycles. The number of aromatic hydroxyl groups is 1. The first-order valence-corrected chi connectivity index (χ1v) is 5.37. The predicted molar refractivity (Wildman–Crippen MR) is 62.7 cm³/mol. The van der Waals surface area contributed by atoms with Crippen LogP contribution in [-0.4, -0.2) is 30.0 Å². The molecule has 0 spiro atoms. The zero-order valence-electron chi connectivity index (χ0n) is 9.73. The van der Waals surface area contributed by atoms with E-state index in [2.05, 4.69) is 5.32 Å². The van der Waals surface area contributed by atoms with Crippen molar-refractivity contribution in [1.82, 2.24) is 5.32 Å². The van der Waals surface area contributed by atoms with Gasteiger partial charge in [0.05, 0.1) is 7.11 Å². The first-order valence-electron chi connectivity index (χ1n) is 5.37. The normalized spacial score (nSPS) is 12.4. The highest BCUT2D eigenvalue weighted by atomic mass is 16.5. The Morgan fingerprint density at radius 1 is 1.44 bits per heavy atom. The predicted octanol–water partition coefficient (Wildman–Crippen LogP) is 1.26. The molecule has 1 atom stereocenters. The third-order valence-electron chi connectivity index (χ3n) is 2.46. The first-order chi connectivity index (χ1) is 7.67. The van der Waals surface area contributed by atoms with Gasteiger partial charge in [0.1, 0.15) is 0 Å². The summed E-state index contributed by atoms with van der Waals surface area (Å²) >= 11 is 0. The first kappa shape index (κ1) is 12.8. The van der Waals surface area contributed by atoms with Gasteiger partial charge in [-0.3, -0.25) is 0 Å². The third kappa shape index (κ3) is 3.72. The Morgan fingerprint density at radius 3 is 2.81 bits per heavy atom. The molecule has 3 N–H and O–H groups in total. The molecule has 0 aromatic heterocycles. The number of hydrogen-bond acceptors (Lipinski definition) is 4. The van der Waals surface area contributed by atoms with E-state index in [4.69, 9.17) is 9.84 Å². The lowest BCUT2D eigenvalue weighted by Crippen LogP contribution is -2.26. The highest BCUT2D eigenvalue weighted by Gasteiger charge is 2.04. The second kappa shape index (κ2) is 6.35. The maximum atomic E-state index is 9.42. The second-order valence-electron chi connectivity index (χ2n) is 3.80. The lowest BCUT2D eigenvalue weighted by atomic mass is 10.1. The van der Waals surface area contributed by atoms with E-state index in [1.54, 1.807) is 12.1 Å². The Bertz CT molecular complexity index is 328. The van der Waals surface area contributed by atoms with Gasteiger partial charge in [-0.1, -0.05) is 6.07 Å². The van der Waals surface area contributed by atoms with Crippen LogP contribution in [0, 0.1) is 0 Å². The zero-order valence-corrected chi connectivity index (χ0v) is 9.73. The lowest BCUT2D eigenvalue weighted by Gasteiger charge is -2.13. The molecule has 1 unspecified atom stereocenters. The standard InChI is InChI=1S/C12H19NO3/c1-9(5-6-14)13-8-10-3-4-11(15)12(7-10)16-2/h3-4,7,9,13-15H,5-6,8H2,1-2H3. The fourth-order valence-corrected chi connectivity index (χ4v) is 1.42.